The van der Waals surface area contributed by atoms with Crippen molar-refractivity contribution in [1.29, 1.82) is 0 Å². The van der Waals surface area contributed by atoms with Gasteiger partial charge in [0.15, 0.2) is 0 Å². The fourth-order valence-corrected chi connectivity index (χ4v) is 5.69. The number of likely N-dealkylation sites (tertiary alicyclic amines) is 1. The van der Waals surface area contributed by atoms with E-state index in [1.54, 1.807) is 13.8 Å². The van der Waals surface area contributed by atoms with E-state index in [0.29, 0.717) is 24.1 Å². The standard InChI is InChI=1S/C26H27N7O8/c1-4-29-21-13-18(20(33(40)41)14-22(21)30(5-2)26(29)37)23(34)28-10-8-15(9-11-28)31-24(35)17-12-16(32(38)39)6-7-19(17)27(3)25(31)36/h6-7,12-15H,4-5,8-11H2,1-3H3. The largest absolute Gasteiger partial charge is 0.338 e. The fraction of sp³-hybridized carbons (Fsp3) is 0.385. The minimum Gasteiger partial charge on any atom is -0.338 e. The molecule has 0 spiro atoms. The number of aromatic nitrogens is 4. The lowest BCUT2D eigenvalue weighted by Gasteiger charge is -2.32. The number of rotatable bonds is 6. The summed E-state index contributed by atoms with van der Waals surface area (Å²) in [4.78, 5) is 76.1. The summed E-state index contributed by atoms with van der Waals surface area (Å²) >= 11 is 0. The SMILES string of the molecule is CCn1c(=O)n(CC)c2cc([N+](=O)[O-])c(C(=O)N3CCC(n4c(=O)c5cc([N+](=O)[O-])ccc5n(C)c4=O)CC3)cc21. The van der Waals surface area contributed by atoms with Crippen LogP contribution in [0.2, 0.25) is 0 Å². The van der Waals surface area contributed by atoms with Gasteiger partial charge in [-0.15, -0.1) is 0 Å². The predicted octanol–water partition coefficient (Wildman–Crippen LogP) is 2.15. The quantitative estimate of drug-likeness (QED) is 0.252. The van der Waals surface area contributed by atoms with Crippen LogP contribution in [0.1, 0.15) is 43.1 Å². The van der Waals surface area contributed by atoms with Crippen LogP contribution in [0.4, 0.5) is 11.4 Å². The highest BCUT2D eigenvalue weighted by Gasteiger charge is 2.32. The van der Waals surface area contributed by atoms with Gasteiger partial charge >= 0.3 is 11.4 Å². The molecule has 3 heterocycles. The molecule has 214 valence electrons. The molecule has 1 fully saturated rings. The Morgan fingerprint density at radius 1 is 0.878 bits per heavy atom. The van der Waals surface area contributed by atoms with Gasteiger partial charge < -0.3 is 4.90 Å². The van der Waals surface area contributed by atoms with E-state index in [9.17, 15) is 39.4 Å². The van der Waals surface area contributed by atoms with Gasteiger partial charge in [0.25, 0.3) is 22.8 Å². The van der Waals surface area contributed by atoms with Crippen molar-refractivity contribution in [2.45, 2.75) is 45.8 Å². The summed E-state index contributed by atoms with van der Waals surface area (Å²) < 4.78 is 5.20. The summed E-state index contributed by atoms with van der Waals surface area (Å²) in [6.45, 7) is 4.37. The van der Waals surface area contributed by atoms with Crippen molar-refractivity contribution in [3.05, 3.63) is 87.4 Å². The van der Waals surface area contributed by atoms with Crippen LogP contribution in [0.5, 0.6) is 0 Å². The summed E-state index contributed by atoms with van der Waals surface area (Å²) in [6.07, 6.45) is 0.423. The highest BCUT2D eigenvalue weighted by molar-refractivity contribution is 6.02. The zero-order chi connectivity index (χ0) is 29.7. The lowest BCUT2D eigenvalue weighted by atomic mass is 10.0. The molecule has 0 saturated carbocycles. The lowest BCUT2D eigenvalue weighted by molar-refractivity contribution is -0.385. The first kappa shape index (κ1) is 27.5. The molecule has 2 aromatic heterocycles. The monoisotopic (exact) mass is 565 g/mol. The van der Waals surface area contributed by atoms with Gasteiger partial charge in [0, 0.05) is 57.5 Å². The van der Waals surface area contributed by atoms with Crippen LogP contribution in [0.25, 0.3) is 21.9 Å². The van der Waals surface area contributed by atoms with Crippen LogP contribution in [0.15, 0.2) is 44.7 Å². The number of aryl methyl sites for hydroxylation is 3. The molecule has 41 heavy (non-hydrogen) atoms. The number of carbonyl (C=O) groups excluding carboxylic acids is 1. The Balaban J connectivity index is 1.49. The third-order valence-corrected chi connectivity index (χ3v) is 7.81. The van der Waals surface area contributed by atoms with Crippen LogP contribution in [-0.4, -0.2) is 52.0 Å². The normalized spacial score (nSPS) is 14.2. The summed E-state index contributed by atoms with van der Waals surface area (Å²) in [7, 11) is 1.47. The molecule has 1 aliphatic heterocycles. The van der Waals surface area contributed by atoms with E-state index in [-0.39, 0.29) is 53.8 Å². The Bertz CT molecular complexity index is 1940. The van der Waals surface area contributed by atoms with Gasteiger partial charge in [-0.1, -0.05) is 0 Å². The summed E-state index contributed by atoms with van der Waals surface area (Å²) in [5, 5.41) is 23.2. The average molecular weight is 566 g/mol. The first-order chi connectivity index (χ1) is 19.5. The Hall–Kier alpha value is -5.08. The average Bonchev–Trinajstić information content (AvgIpc) is 3.24. The molecule has 15 heteroatoms. The number of nitro groups is 2. The third kappa shape index (κ3) is 4.29. The van der Waals surface area contributed by atoms with Crippen LogP contribution < -0.4 is 16.9 Å². The van der Waals surface area contributed by atoms with Gasteiger partial charge in [0.2, 0.25) is 0 Å². The highest BCUT2D eigenvalue weighted by atomic mass is 16.6. The van der Waals surface area contributed by atoms with E-state index in [1.165, 1.54) is 49.9 Å². The van der Waals surface area contributed by atoms with Gasteiger partial charge in [-0.2, -0.15) is 0 Å². The topological polar surface area (TPSA) is 178 Å². The van der Waals surface area contributed by atoms with Crippen molar-refractivity contribution < 1.29 is 14.6 Å². The van der Waals surface area contributed by atoms with E-state index in [4.69, 9.17) is 0 Å². The highest BCUT2D eigenvalue weighted by Crippen LogP contribution is 2.29. The van der Waals surface area contributed by atoms with E-state index in [1.807, 2.05) is 0 Å². The second-order valence-corrected chi connectivity index (χ2v) is 9.88. The van der Waals surface area contributed by atoms with Gasteiger partial charge in [0.1, 0.15) is 5.56 Å². The molecule has 0 atom stereocenters. The molecule has 5 rings (SSSR count). The van der Waals surface area contributed by atoms with Gasteiger partial charge in [-0.05, 0) is 38.8 Å². The number of imidazole rings is 1. The number of nitrogens with zero attached hydrogens (tertiary/aromatic N) is 7. The Kier molecular flexibility index (Phi) is 6.80. The van der Waals surface area contributed by atoms with Gasteiger partial charge in [-0.3, -0.25) is 48.1 Å². The number of piperidine rings is 1. The van der Waals surface area contributed by atoms with Gasteiger partial charge in [-0.25, -0.2) is 9.59 Å². The molecular formula is C26H27N7O8. The molecule has 0 radical (unpaired) electrons. The van der Waals surface area contributed by atoms with Crippen LogP contribution in [0.3, 0.4) is 0 Å². The fourth-order valence-electron chi connectivity index (χ4n) is 5.69. The van der Waals surface area contributed by atoms with Gasteiger partial charge in [0.05, 0.1) is 31.8 Å². The second-order valence-electron chi connectivity index (χ2n) is 9.88. The maximum absolute atomic E-state index is 13.6. The Morgan fingerprint density at radius 2 is 1.49 bits per heavy atom. The number of non-ortho nitro benzene ring substituents is 1. The first-order valence-corrected chi connectivity index (χ1v) is 13.1. The van der Waals surface area contributed by atoms with E-state index >= 15 is 0 Å². The number of hydrogen-bond donors (Lipinski definition) is 0. The number of fused-ring (bicyclic) bond motifs is 2. The molecule has 0 bridgehead atoms. The molecule has 1 amide bonds. The van der Waals surface area contributed by atoms with E-state index < -0.39 is 38.7 Å². The molecule has 2 aromatic carbocycles. The molecular weight excluding hydrogens is 538 g/mol. The minimum atomic E-state index is -0.657. The van der Waals surface area contributed by atoms with Crippen molar-refractivity contribution in [2.24, 2.45) is 7.05 Å². The molecule has 4 aromatic rings. The van der Waals surface area contributed by atoms with Crippen molar-refractivity contribution >= 4 is 39.2 Å². The zero-order valence-electron chi connectivity index (χ0n) is 22.6. The number of amides is 1. The minimum absolute atomic E-state index is 0.0321. The van der Waals surface area contributed by atoms with Crippen LogP contribution in [-0.2, 0) is 20.1 Å². The summed E-state index contributed by atoms with van der Waals surface area (Å²) in [5.74, 6) is -0.592. The molecule has 15 nitrogen and oxygen atoms in total. The summed E-state index contributed by atoms with van der Waals surface area (Å²) in [6, 6.07) is 5.78. The first-order valence-electron chi connectivity index (χ1n) is 13.1. The van der Waals surface area contributed by atoms with Crippen LogP contribution in [0, 0.1) is 20.2 Å². The molecule has 0 unspecified atom stereocenters. The van der Waals surface area contributed by atoms with Crippen LogP contribution >= 0.6 is 0 Å². The number of carbonyl (C=O) groups is 1. The van der Waals surface area contributed by atoms with E-state index in [0.717, 1.165) is 10.6 Å². The van der Waals surface area contributed by atoms with Crippen molar-refractivity contribution in [3.63, 3.8) is 0 Å². The number of hydrogen-bond acceptors (Lipinski definition) is 8. The molecule has 0 aliphatic carbocycles. The van der Waals surface area contributed by atoms with Crippen molar-refractivity contribution in [3.8, 4) is 0 Å². The number of nitro benzene ring substituents is 2. The maximum atomic E-state index is 13.6. The molecule has 1 saturated heterocycles. The van der Waals surface area contributed by atoms with E-state index in [2.05, 4.69) is 0 Å². The van der Waals surface area contributed by atoms with Crippen molar-refractivity contribution in [2.75, 3.05) is 13.1 Å². The Labute approximate surface area is 230 Å². The second kappa shape index (κ2) is 10.1. The molecule has 0 N–H and O–H groups in total. The zero-order valence-corrected chi connectivity index (χ0v) is 22.6. The number of benzene rings is 2. The molecule has 1 aliphatic rings. The lowest BCUT2D eigenvalue weighted by Crippen LogP contribution is -2.46. The summed E-state index contributed by atoms with van der Waals surface area (Å²) in [5.41, 5.74) is -1.35. The van der Waals surface area contributed by atoms with Crippen molar-refractivity contribution in [1.82, 2.24) is 23.2 Å². The Morgan fingerprint density at radius 3 is 2.05 bits per heavy atom. The third-order valence-electron chi connectivity index (χ3n) is 7.81. The predicted molar refractivity (Wildman–Crippen MR) is 148 cm³/mol. The maximum Gasteiger partial charge on any atom is 0.331 e. The smallest absolute Gasteiger partial charge is 0.331 e.